The Morgan fingerprint density at radius 3 is 2.33 bits per heavy atom. The lowest BCUT2D eigenvalue weighted by molar-refractivity contribution is -0.0498. The van der Waals surface area contributed by atoms with Gasteiger partial charge in [0.2, 0.25) is 0 Å². The van der Waals surface area contributed by atoms with Gasteiger partial charge in [0.05, 0.1) is 0 Å². The van der Waals surface area contributed by atoms with Gasteiger partial charge in [0, 0.05) is 24.7 Å². The van der Waals surface area contributed by atoms with Gasteiger partial charge in [-0.1, -0.05) is 0 Å². The predicted molar refractivity (Wildman–Crippen MR) is 75.4 cm³/mol. The minimum Gasteiger partial charge on any atom is -0.435 e. The summed E-state index contributed by atoms with van der Waals surface area (Å²) < 4.78 is 28.4. The summed E-state index contributed by atoms with van der Waals surface area (Å²) in [5.41, 5.74) is 6.33. The highest BCUT2D eigenvalue weighted by atomic mass is 19.3. The maximum absolute atomic E-state index is 12.4. The minimum absolute atomic E-state index is 0.0489. The molecule has 0 saturated heterocycles. The van der Waals surface area contributed by atoms with E-state index in [0.717, 1.165) is 25.7 Å². The lowest BCUT2D eigenvalue weighted by Gasteiger charge is -2.33. The lowest BCUT2D eigenvalue weighted by atomic mass is 9.90. The molecule has 2 N–H and O–H groups in total. The Labute approximate surface area is 122 Å². The molecule has 1 saturated carbocycles. The zero-order chi connectivity index (χ0) is 15.4. The van der Waals surface area contributed by atoms with Gasteiger partial charge in [-0.05, 0) is 49.9 Å². The molecule has 1 fully saturated rings. The summed E-state index contributed by atoms with van der Waals surface area (Å²) in [7, 11) is 1.77. The van der Waals surface area contributed by atoms with Crippen molar-refractivity contribution in [2.45, 2.75) is 44.4 Å². The van der Waals surface area contributed by atoms with Gasteiger partial charge in [-0.15, -0.1) is 0 Å². The van der Waals surface area contributed by atoms with Crippen LogP contribution in [-0.2, 0) is 0 Å². The molecular formula is C15H20F2N2O2. The Morgan fingerprint density at radius 2 is 1.81 bits per heavy atom. The molecule has 0 aromatic heterocycles. The van der Waals surface area contributed by atoms with Crippen LogP contribution in [0.2, 0.25) is 0 Å². The molecule has 1 aliphatic rings. The Kier molecular flexibility index (Phi) is 5.12. The highest BCUT2D eigenvalue weighted by Crippen LogP contribution is 2.23. The molecule has 2 rings (SSSR count). The van der Waals surface area contributed by atoms with E-state index in [4.69, 9.17) is 5.73 Å². The Balaban J connectivity index is 1.98. The molecule has 0 aliphatic heterocycles. The first-order valence-electron chi connectivity index (χ1n) is 7.05. The number of amides is 1. The number of carbonyl (C=O) groups is 1. The summed E-state index contributed by atoms with van der Waals surface area (Å²) in [5, 5.41) is 0. The van der Waals surface area contributed by atoms with Gasteiger partial charge in [0.15, 0.2) is 0 Å². The Hall–Kier alpha value is -1.69. The highest BCUT2D eigenvalue weighted by Gasteiger charge is 2.25. The summed E-state index contributed by atoms with van der Waals surface area (Å²) >= 11 is 0. The maximum Gasteiger partial charge on any atom is 0.387 e. The fourth-order valence-corrected chi connectivity index (χ4v) is 2.64. The van der Waals surface area contributed by atoms with E-state index in [9.17, 15) is 13.6 Å². The Morgan fingerprint density at radius 1 is 1.24 bits per heavy atom. The average Bonchev–Trinajstić information content (AvgIpc) is 2.47. The second kappa shape index (κ2) is 6.85. The molecule has 1 aromatic rings. The average molecular weight is 298 g/mol. The normalized spacial score (nSPS) is 22.1. The second-order valence-corrected chi connectivity index (χ2v) is 5.39. The molecule has 0 unspecified atom stereocenters. The van der Waals surface area contributed by atoms with E-state index in [0.29, 0.717) is 5.56 Å². The van der Waals surface area contributed by atoms with E-state index < -0.39 is 6.61 Å². The number of ether oxygens (including phenoxy) is 1. The molecule has 0 radical (unpaired) electrons. The number of nitrogens with two attached hydrogens (primary N) is 1. The summed E-state index contributed by atoms with van der Waals surface area (Å²) in [6, 6.07) is 6.19. The topological polar surface area (TPSA) is 55.6 Å². The van der Waals surface area contributed by atoms with E-state index >= 15 is 0 Å². The number of carbonyl (C=O) groups excluding carboxylic acids is 1. The zero-order valence-corrected chi connectivity index (χ0v) is 12.0. The highest BCUT2D eigenvalue weighted by molar-refractivity contribution is 5.94. The third-order valence-electron chi connectivity index (χ3n) is 3.94. The van der Waals surface area contributed by atoms with Gasteiger partial charge in [0.25, 0.3) is 5.91 Å². The molecule has 4 nitrogen and oxygen atoms in total. The van der Waals surface area contributed by atoms with E-state index in [2.05, 4.69) is 4.74 Å². The van der Waals surface area contributed by atoms with Crippen molar-refractivity contribution in [3.63, 3.8) is 0 Å². The second-order valence-electron chi connectivity index (χ2n) is 5.39. The maximum atomic E-state index is 12.4. The van der Waals surface area contributed by atoms with E-state index in [1.54, 1.807) is 11.9 Å². The van der Waals surface area contributed by atoms with Crippen molar-refractivity contribution >= 4 is 5.91 Å². The van der Waals surface area contributed by atoms with Gasteiger partial charge in [0.1, 0.15) is 5.75 Å². The standard InChI is InChI=1S/C15H20F2N2O2/c1-19(12-6-4-11(18)5-7-12)14(20)10-2-8-13(9-3-10)21-15(16)17/h2-3,8-9,11-12,15H,4-7,18H2,1H3. The SMILES string of the molecule is CN(C(=O)c1ccc(OC(F)F)cc1)C1CCC(N)CC1. The van der Waals surface area contributed by atoms with Gasteiger partial charge < -0.3 is 15.4 Å². The van der Waals surface area contributed by atoms with Gasteiger partial charge in [-0.2, -0.15) is 8.78 Å². The van der Waals surface area contributed by atoms with Gasteiger partial charge in [-0.25, -0.2) is 0 Å². The molecule has 1 aliphatic carbocycles. The summed E-state index contributed by atoms with van der Waals surface area (Å²) in [6.45, 7) is -2.86. The fraction of sp³-hybridized carbons (Fsp3) is 0.533. The molecule has 1 aromatic carbocycles. The largest absolute Gasteiger partial charge is 0.435 e. The number of halogens is 2. The Bertz CT molecular complexity index is 471. The van der Waals surface area contributed by atoms with Crippen LogP contribution in [0.3, 0.4) is 0 Å². The smallest absolute Gasteiger partial charge is 0.387 e. The lowest BCUT2D eigenvalue weighted by Crippen LogP contribution is -2.41. The molecule has 0 heterocycles. The number of hydrogen-bond acceptors (Lipinski definition) is 3. The van der Waals surface area contributed by atoms with Crippen molar-refractivity contribution in [1.29, 1.82) is 0 Å². The number of alkyl halides is 2. The fourth-order valence-electron chi connectivity index (χ4n) is 2.64. The minimum atomic E-state index is -2.86. The van der Waals surface area contributed by atoms with Crippen LogP contribution in [0, 0.1) is 0 Å². The van der Waals surface area contributed by atoms with E-state index in [1.807, 2.05) is 0 Å². The first-order chi connectivity index (χ1) is 9.97. The van der Waals surface area contributed by atoms with E-state index in [-0.39, 0.29) is 23.7 Å². The molecule has 0 spiro atoms. The van der Waals surface area contributed by atoms with Crippen molar-refractivity contribution < 1.29 is 18.3 Å². The summed E-state index contributed by atoms with van der Waals surface area (Å²) in [4.78, 5) is 14.1. The van der Waals surface area contributed by atoms with Crippen molar-refractivity contribution in [2.24, 2.45) is 5.73 Å². The summed E-state index contributed by atoms with van der Waals surface area (Å²) in [5.74, 6) is -0.0630. The number of hydrogen-bond donors (Lipinski definition) is 1. The molecule has 0 atom stereocenters. The van der Waals surface area contributed by atoms with Gasteiger partial charge >= 0.3 is 6.61 Å². The van der Waals surface area contributed by atoms with Crippen LogP contribution in [-0.4, -0.2) is 36.5 Å². The van der Waals surface area contributed by atoms with Crippen LogP contribution in [0.5, 0.6) is 5.75 Å². The monoisotopic (exact) mass is 298 g/mol. The van der Waals surface area contributed by atoms with Crippen LogP contribution in [0.15, 0.2) is 24.3 Å². The first kappa shape index (κ1) is 15.7. The van der Waals surface area contributed by atoms with Crippen LogP contribution < -0.4 is 10.5 Å². The third-order valence-corrected chi connectivity index (χ3v) is 3.94. The van der Waals surface area contributed by atoms with Crippen LogP contribution in [0.1, 0.15) is 36.0 Å². The quantitative estimate of drug-likeness (QED) is 0.929. The number of rotatable bonds is 4. The van der Waals surface area contributed by atoms with Gasteiger partial charge in [-0.3, -0.25) is 4.79 Å². The molecule has 1 amide bonds. The van der Waals surface area contributed by atoms with E-state index in [1.165, 1.54) is 24.3 Å². The van der Waals surface area contributed by atoms with Crippen molar-refractivity contribution in [3.05, 3.63) is 29.8 Å². The van der Waals surface area contributed by atoms with Crippen molar-refractivity contribution in [1.82, 2.24) is 4.90 Å². The summed E-state index contributed by atoms with van der Waals surface area (Å²) in [6.07, 6.45) is 3.64. The molecule has 6 heteroatoms. The van der Waals surface area contributed by atoms with Crippen LogP contribution >= 0.6 is 0 Å². The first-order valence-corrected chi connectivity index (χ1v) is 7.05. The predicted octanol–water partition coefficient (Wildman–Crippen LogP) is 2.63. The molecular weight excluding hydrogens is 278 g/mol. The van der Waals surface area contributed by atoms with Crippen molar-refractivity contribution in [2.75, 3.05) is 7.05 Å². The third kappa shape index (κ3) is 4.14. The number of nitrogens with zero attached hydrogens (tertiary/aromatic N) is 1. The molecule has 0 bridgehead atoms. The molecule has 21 heavy (non-hydrogen) atoms. The molecule has 116 valence electrons. The van der Waals surface area contributed by atoms with Crippen LogP contribution in [0.4, 0.5) is 8.78 Å². The zero-order valence-electron chi connectivity index (χ0n) is 12.0. The number of benzene rings is 1. The van der Waals surface area contributed by atoms with Crippen LogP contribution in [0.25, 0.3) is 0 Å². The van der Waals surface area contributed by atoms with Crippen molar-refractivity contribution in [3.8, 4) is 5.75 Å².